The molecule has 0 unspecified atom stereocenters. The fourth-order valence-electron chi connectivity index (χ4n) is 0. The van der Waals surface area contributed by atoms with Crippen LogP contribution in [0.4, 0.5) is 4.79 Å². The zero-order valence-electron chi connectivity index (χ0n) is 3.17. The van der Waals surface area contributed by atoms with E-state index in [2.05, 4.69) is 4.89 Å². The van der Waals surface area contributed by atoms with Crippen molar-refractivity contribution in [2.45, 2.75) is 0 Å². The van der Waals surface area contributed by atoms with Gasteiger partial charge in [0.1, 0.15) is 0 Å². The fourth-order valence-corrected chi connectivity index (χ4v) is 0. The van der Waals surface area contributed by atoms with Crippen molar-refractivity contribution in [3.63, 3.8) is 0 Å². The Morgan fingerprint density at radius 1 is 1.83 bits per heavy atom. The summed E-state index contributed by atoms with van der Waals surface area (Å²) in [5, 5.41) is 15.8. The van der Waals surface area contributed by atoms with Crippen LogP contribution in [0.1, 0.15) is 0 Å². The number of rotatable bonds is 0. The summed E-state index contributed by atoms with van der Waals surface area (Å²) in [5.41, 5.74) is 0. The van der Waals surface area contributed by atoms with E-state index in [0.717, 1.165) is 0 Å². The summed E-state index contributed by atoms with van der Waals surface area (Å²) in [6, 6.07) is 0. The van der Waals surface area contributed by atoms with Crippen LogP contribution in [-0.4, -0.2) is 11.4 Å². The number of carboxylic acid groups (broad SMARTS) is 1. The van der Waals surface area contributed by atoms with Crippen molar-refractivity contribution < 1.29 is 78.2 Å². The van der Waals surface area contributed by atoms with E-state index in [1.165, 1.54) is 0 Å². The van der Waals surface area contributed by atoms with Gasteiger partial charge in [-0.15, -0.1) is 0 Å². The molecule has 0 heterocycles. The largest absolute Gasteiger partial charge is 1.00 e. The molecule has 0 rings (SSSR count). The Labute approximate surface area is 82.8 Å². The van der Waals surface area contributed by atoms with Gasteiger partial charge in [0.05, 0.1) is 0 Å². The second-order valence-electron chi connectivity index (χ2n) is 0.341. The molecule has 0 radical (unpaired) electrons. The Morgan fingerprint density at radius 3 is 2.00 bits per heavy atom. The number of hydrogen-bond donors (Lipinski definition) is 1. The molecule has 0 atom stereocenters. The summed E-state index contributed by atoms with van der Waals surface area (Å²) in [6.45, 7) is 0. The quantitative estimate of drug-likeness (QED) is 0.290. The molecule has 0 saturated heterocycles. The van der Waals surface area contributed by atoms with Gasteiger partial charge in [-0.2, -0.15) is 0 Å². The predicted octanol–water partition coefficient (Wildman–Crippen LogP) is -4.18. The Morgan fingerprint density at radius 2 is 2.00 bits per heavy atom. The van der Waals surface area contributed by atoms with Crippen LogP contribution in [0.3, 0.4) is 0 Å². The van der Waals surface area contributed by atoms with Crippen molar-refractivity contribution in [1.82, 2.24) is 0 Å². The summed E-state index contributed by atoms with van der Waals surface area (Å²) in [6.07, 6.45) is -1.94. The molecule has 5 heteroatoms. The van der Waals surface area contributed by atoms with Crippen LogP contribution in [0.15, 0.2) is 0 Å². The van der Waals surface area contributed by atoms with Gasteiger partial charge in [0.2, 0.25) is 0 Å². The third kappa shape index (κ3) is 8.90. The van der Waals surface area contributed by atoms with Gasteiger partial charge in [-0.1, -0.05) is 0 Å². The van der Waals surface area contributed by atoms with E-state index in [1.807, 2.05) is 0 Å². The van der Waals surface area contributed by atoms with Gasteiger partial charge in [0.25, 0.3) is 6.16 Å². The molecule has 0 aromatic heterocycles. The van der Waals surface area contributed by atoms with Crippen LogP contribution in [-0.2, 0) is 4.89 Å². The second kappa shape index (κ2) is 6.04. The van der Waals surface area contributed by atoms with E-state index in [-0.39, 0.29) is 58.2 Å². The van der Waals surface area contributed by atoms with Crippen molar-refractivity contribution in [2.75, 3.05) is 0 Å². The Balaban J connectivity index is 0. The van der Waals surface area contributed by atoms with E-state index >= 15 is 0 Å². The average molecular weight is 162 g/mol. The van der Waals surface area contributed by atoms with Gasteiger partial charge < -0.3 is 14.8 Å². The molecule has 0 bridgehead atoms. The van der Waals surface area contributed by atoms with Crippen molar-refractivity contribution in [3.8, 4) is 0 Å². The van der Waals surface area contributed by atoms with Crippen molar-refractivity contribution in [2.24, 2.45) is 0 Å². The molecule has 1 N–H and O–H groups in total. The topological polar surface area (TPSA) is 69.6 Å². The molecule has 0 aromatic carbocycles. The first kappa shape index (κ1) is 10.1. The van der Waals surface area contributed by atoms with Gasteiger partial charge in [0, 0.05) is 0 Å². The van der Waals surface area contributed by atoms with Crippen LogP contribution < -0.4 is 63.3 Å². The van der Waals surface area contributed by atoms with Gasteiger partial charge in [-0.05, 0) is 0 Å². The summed E-state index contributed by atoms with van der Waals surface area (Å²) in [4.78, 5) is 11.3. The molecule has 4 nitrogen and oxygen atoms in total. The maximum absolute atomic E-state index is 8.78. The molecule has 0 fully saturated rings. The van der Waals surface area contributed by atoms with E-state index in [0.29, 0.717) is 0 Å². The summed E-state index contributed by atoms with van der Waals surface area (Å²) >= 11 is 0. The molecule has 0 spiro atoms. The Kier molecular flexibility index (Phi) is 10.2. The van der Waals surface area contributed by atoms with E-state index < -0.39 is 6.16 Å². The van der Waals surface area contributed by atoms with Gasteiger partial charge in [0.15, 0.2) is 0 Å². The predicted molar refractivity (Wildman–Crippen MR) is 9.11 cm³/mol. The molecule has 0 aliphatic heterocycles. The van der Waals surface area contributed by atoms with Crippen molar-refractivity contribution >= 4 is 6.16 Å². The first-order valence-corrected chi connectivity index (χ1v) is 0.795. The smallest absolute Gasteiger partial charge is 0.424 e. The minimum atomic E-state index is -1.94. The zero-order valence-corrected chi connectivity index (χ0v) is 8.09. The molecule has 0 aliphatic carbocycles. The molecule has 6 heavy (non-hydrogen) atoms. The molecular weight excluding hydrogens is 161 g/mol. The SMILES string of the molecule is O=C([O-])OO.[Rb+]. The third-order valence-electron chi connectivity index (χ3n) is 0.0745. The van der Waals surface area contributed by atoms with E-state index in [4.69, 9.17) is 15.2 Å². The molecule has 0 aliphatic rings. The van der Waals surface area contributed by atoms with Crippen LogP contribution in [0, 0.1) is 0 Å². The maximum atomic E-state index is 8.78. The minimum absolute atomic E-state index is 0. The standard InChI is InChI=1S/CH2O4.Rb/c2-1(3)5-4;/h4H,(H,2,3);/q;+1/p-1. The van der Waals surface area contributed by atoms with E-state index in [9.17, 15) is 0 Å². The van der Waals surface area contributed by atoms with E-state index in [1.54, 1.807) is 0 Å². The first-order chi connectivity index (χ1) is 2.27. The maximum Gasteiger partial charge on any atom is 1.00 e. The molecular formula is CHO4Rb. The number of hydrogen-bond acceptors (Lipinski definition) is 4. The average Bonchev–Trinajstić information content (AvgIpc) is 1.38. The zero-order chi connectivity index (χ0) is 4.28. The Hall–Kier alpha value is 1.04. The minimum Gasteiger partial charge on any atom is -0.424 e. The summed E-state index contributed by atoms with van der Waals surface area (Å²) in [5.74, 6) is 0. The van der Waals surface area contributed by atoms with Crippen molar-refractivity contribution in [3.05, 3.63) is 0 Å². The number of carbonyl (C=O) groups excluding carboxylic acids is 1. The molecule has 0 aromatic rings. The van der Waals surface area contributed by atoms with Gasteiger partial charge in [-0.25, -0.2) is 0 Å². The molecule has 30 valence electrons. The third-order valence-corrected chi connectivity index (χ3v) is 0.0745. The normalized spacial score (nSPS) is 5.50. The number of carbonyl (C=O) groups is 1. The van der Waals surface area contributed by atoms with Crippen LogP contribution in [0.2, 0.25) is 0 Å². The van der Waals surface area contributed by atoms with Crippen LogP contribution >= 0.6 is 0 Å². The van der Waals surface area contributed by atoms with Crippen molar-refractivity contribution in [1.29, 1.82) is 0 Å². The summed E-state index contributed by atoms with van der Waals surface area (Å²) in [7, 11) is 0. The summed E-state index contributed by atoms with van der Waals surface area (Å²) < 4.78 is 0. The Bertz CT molecular complexity index is 42.8. The van der Waals surface area contributed by atoms with Gasteiger partial charge in [-0.3, -0.25) is 5.26 Å². The fraction of sp³-hybridized carbons (Fsp3) is 0. The van der Waals surface area contributed by atoms with Crippen LogP contribution in [0.5, 0.6) is 0 Å². The monoisotopic (exact) mass is 162 g/mol. The van der Waals surface area contributed by atoms with Gasteiger partial charge >= 0.3 is 58.2 Å². The molecule has 0 amide bonds. The molecule has 0 saturated carbocycles. The first-order valence-electron chi connectivity index (χ1n) is 0.795. The second-order valence-corrected chi connectivity index (χ2v) is 0.341. The van der Waals surface area contributed by atoms with Crippen LogP contribution in [0.25, 0.3) is 0 Å².